The molecule has 2 fully saturated rings. The molecule has 0 radical (unpaired) electrons. The third-order valence-electron chi connectivity index (χ3n) is 4.78. The number of hydrogen-bond donors (Lipinski definition) is 3. The standard InChI is InChI=1S/C17H31N5O2/c1-17(2,3)14(22(19)10-12(18)11-7-8-11)16(24)21-9-5-6-13(21)15(23)20-4/h10-11,13-14H,5-9,18-19H2,1-4H3,(H,20,23)/b12-10-. The van der Waals surface area contributed by atoms with Crippen molar-refractivity contribution in [3.63, 3.8) is 0 Å². The highest BCUT2D eigenvalue weighted by Crippen LogP contribution is 2.35. The number of likely N-dealkylation sites (N-methyl/N-ethyl adjacent to an activating group) is 1. The zero-order valence-electron chi connectivity index (χ0n) is 15.2. The van der Waals surface area contributed by atoms with Gasteiger partial charge in [0.05, 0.1) is 0 Å². The van der Waals surface area contributed by atoms with Gasteiger partial charge in [-0.3, -0.25) is 9.59 Å². The van der Waals surface area contributed by atoms with Crippen molar-refractivity contribution in [3.05, 3.63) is 11.9 Å². The minimum atomic E-state index is -0.569. The normalized spacial score (nSPS) is 23.1. The number of carbonyl (C=O) groups is 2. The molecular weight excluding hydrogens is 306 g/mol. The van der Waals surface area contributed by atoms with E-state index in [-0.39, 0.29) is 17.2 Å². The number of rotatable bonds is 5. The number of allylic oxidation sites excluding steroid dienone is 1. The first-order chi connectivity index (χ1) is 11.2. The summed E-state index contributed by atoms with van der Waals surface area (Å²) in [5.41, 5.74) is 6.40. The molecule has 2 rings (SSSR count). The highest BCUT2D eigenvalue weighted by molar-refractivity contribution is 5.90. The second kappa shape index (κ2) is 7.01. The average Bonchev–Trinajstić information content (AvgIpc) is 3.22. The molecule has 2 amide bonds. The van der Waals surface area contributed by atoms with Gasteiger partial charge in [0.1, 0.15) is 12.1 Å². The first kappa shape index (κ1) is 18.6. The molecule has 5 N–H and O–H groups in total. The number of amides is 2. The number of nitrogens with zero attached hydrogens (tertiary/aromatic N) is 2. The third-order valence-corrected chi connectivity index (χ3v) is 4.78. The van der Waals surface area contributed by atoms with Crippen molar-refractivity contribution in [1.29, 1.82) is 0 Å². The van der Waals surface area contributed by atoms with Crippen LogP contribution >= 0.6 is 0 Å². The largest absolute Gasteiger partial charge is 0.401 e. The Hall–Kier alpha value is -1.76. The van der Waals surface area contributed by atoms with E-state index in [9.17, 15) is 9.59 Å². The van der Waals surface area contributed by atoms with Crippen LogP contribution in [0.4, 0.5) is 0 Å². The maximum Gasteiger partial charge on any atom is 0.248 e. The van der Waals surface area contributed by atoms with Crippen molar-refractivity contribution in [2.24, 2.45) is 22.9 Å². The highest BCUT2D eigenvalue weighted by atomic mass is 16.2. The van der Waals surface area contributed by atoms with Gasteiger partial charge in [0.15, 0.2) is 0 Å². The van der Waals surface area contributed by atoms with Crippen molar-refractivity contribution in [1.82, 2.24) is 15.2 Å². The summed E-state index contributed by atoms with van der Waals surface area (Å²) in [6.07, 6.45) is 5.36. The predicted molar refractivity (Wildman–Crippen MR) is 93.1 cm³/mol. The highest BCUT2D eigenvalue weighted by Gasteiger charge is 2.43. The van der Waals surface area contributed by atoms with Gasteiger partial charge in [0.2, 0.25) is 11.8 Å². The number of hydrazine groups is 1. The Labute approximate surface area is 144 Å². The monoisotopic (exact) mass is 337 g/mol. The van der Waals surface area contributed by atoms with Gasteiger partial charge < -0.3 is 21.0 Å². The predicted octanol–water partition coefficient (Wildman–Crippen LogP) is 0.524. The van der Waals surface area contributed by atoms with Crippen LogP contribution in [-0.2, 0) is 9.59 Å². The first-order valence-corrected chi connectivity index (χ1v) is 8.69. The minimum absolute atomic E-state index is 0.115. The molecule has 2 aliphatic rings. The summed E-state index contributed by atoms with van der Waals surface area (Å²) >= 11 is 0. The maximum atomic E-state index is 13.2. The molecule has 0 bridgehead atoms. The smallest absolute Gasteiger partial charge is 0.248 e. The van der Waals surface area contributed by atoms with Crippen LogP contribution in [-0.4, -0.2) is 47.4 Å². The Bertz CT molecular complexity index is 522. The van der Waals surface area contributed by atoms with Crippen LogP contribution in [0.15, 0.2) is 11.9 Å². The summed E-state index contributed by atoms with van der Waals surface area (Å²) in [6.45, 7) is 6.50. The molecule has 136 valence electrons. The van der Waals surface area contributed by atoms with Gasteiger partial charge in [-0.15, -0.1) is 0 Å². The van der Waals surface area contributed by atoms with Crippen molar-refractivity contribution in [2.75, 3.05) is 13.6 Å². The van der Waals surface area contributed by atoms with Gasteiger partial charge >= 0.3 is 0 Å². The van der Waals surface area contributed by atoms with Crippen LogP contribution in [0.3, 0.4) is 0 Å². The summed E-state index contributed by atoms with van der Waals surface area (Å²) in [6, 6.07) is -0.981. The molecule has 1 saturated heterocycles. The number of likely N-dealkylation sites (tertiary alicyclic amines) is 1. The molecule has 24 heavy (non-hydrogen) atoms. The van der Waals surface area contributed by atoms with E-state index in [0.29, 0.717) is 18.9 Å². The van der Waals surface area contributed by atoms with E-state index in [1.165, 1.54) is 5.01 Å². The average molecular weight is 337 g/mol. The fourth-order valence-corrected chi connectivity index (χ4v) is 3.34. The second-order valence-electron chi connectivity index (χ2n) is 7.92. The Morgan fingerprint density at radius 1 is 1.29 bits per heavy atom. The molecule has 1 saturated carbocycles. The summed E-state index contributed by atoms with van der Waals surface area (Å²) in [5, 5.41) is 4.08. The summed E-state index contributed by atoms with van der Waals surface area (Å²) in [5.74, 6) is 6.37. The maximum absolute atomic E-state index is 13.2. The summed E-state index contributed by atoms with van der Waals surface area (Å²) in [4.78, 5) is 26.9. The zero-order valence-corrected chi connectivity index (χ0v) is 15.2. The molecule has 0 aromatic heterocycles. The number of nitrogens with two attached hydrogens (primary N) is 2. The molecule has 1 heterocycles. The fraction of sp³-hybridized carbons (Fsp3) is 0.765. The van der Waals surface area contributed by atoms with Crippen molar-refractivity contribution in [2.45, 2.75) is 58.5 Å². The lowest BCUT2D eigenvalue weighted by Crippen LogP contribution is -2.58. The SMILES string of the molecule is CNC(=O)C1CCCN1C(=O)C(N(N)/C=C(\N)C1CC1)C(C)(C)C. The molecule has 7 nitrogen and oxygen atoms in total. The number of hydrogen-bond acceptors (Lipinski definition) is 5. The van der Waals surface area contributed by atoms with E-state index in [2.05, 4.69) is 5.32 Å². The van der Waals surface area contributed by atoms with Gasteiger partial charge in [-0.25, -0.2) is 5.84 Å². The van der Waals surface area contributed by atoms with Crippen molar-refractivity contribution in [3.8, 4) is 0 Å². The zero-order chi connectivity index (χ0) is 18.1. The van der Waals surface area contributed by atoms with Crippen LogP contribution in [0.25, 0.3) is 0 Å². The van der Waals surface area contributed by atoms with Crippen molar-refractivity contribution >= 4 is 11.8 Å². The first-order valence-electron chi connectivity index (χ1n) is 8.69. The Morgan fingerprint density at radius 2 is 1.92 bits per heavy atom. The third kappa shape index (κ3) is 4.01. The van der Waals surface area contributed by atoms with Gasteiger partial charge in [0, 0.05) is 31.4 Å². The fourth-order valence-electron chi connectivity index (χ4n) is 3.34. The molecule has 7 heteroatoms. The van der Waals surface area contributed by atoms with Crippen LogP contribution in [0.1, 0.15) is 46.5 Å². The van der Waals surface area contributed by atoms with E-state index < -0.39 is 12.1 Å². The lowest BCUT2D eigenvalue weighted by Gasteiger charge is -2.39. The van der Waals surface area contributed by atoms with Gasteiger partial charge in [-0.1, -0.05) is 20.8 Å². The molecule has 0 spiro atoms. The Balaban J connectivity index is 2.22. The lowest BCUT2D eigenvalue weighted by molar-refractivity contribution is -0.145. The van der Waals surface area contributed by atoms with Crippen molar-refractivity contribution < 1.29 is 9.59 Å². The molecule has 1 aliphatic heterocycles. The van der Waals surface area contributed by atoms with Gasteiger partial charge in [0.25, 0.3) is 0 Å². The Kier molecular flexibility index (Phi) is 5.42. The number of nitrogens with one attached hydrogen (secondary N) is 1. The lowest BCUT2D eigenvalue weighted by atomic mass is 9.85. The molecule has 2 atom stereocenters. The van der Waals surface area contributed by atoms with E-state index in [4.69, 9.17) is 11.6 Å². The molecule has 2 unspecified atom stereocenters. The Morgan fingerprint density at radius 3 is 2.42 bits per heavy atom. The summed E-state index contributed by atoms with van der Waals surface area (Å²) < 4.78 is 0. The summed E-state index contributed by atoms with van der Waals surface area (Å²) in [7, 11) is 1.60. The van der Waals surface area contributed by atoms with Crippen LogP contribution in [0, 0.1) is 11.3 Å². The van der Waals surface area contributed by atoms with E-state index in [1.54, 1.807) is 18.1 Å². The molecule has 0 aromatic rings. The van der Waals surface area contributed by atoms with Crippen LogP contribution in [0.5, 0.6) is 0 Å². The van der Waals surface area contributed by atoms with E-state index in [0.717, 1.165) is 25.0 Å². The van der Waals surface area contributed by atoms with E-state index >= 15 is 0 Å². The molecule has 1 aliphatic carbocycles. The van der Waals surface area contributed by atoms with Crippen LogP contribution < -0.4 is 16.9 Å². The quantitative estimate of drug-likeness (QED) is 0.501. The van der Waals surface area contributed by atoms with E-state index in [1.807, 2.05) is 20.8 Å². The topological polar surface area (TPSA) is 105 Å². The van der Waals surface area contributed by atoms with Gasteiger partial charge in [-0.2, -0.15) is 0 Å². The molecule has 0 aromatic carbocycles. The second-order valence-corrected chi connectivity index (χ2v) is 7.92. The van der Waals surface area contributed by atoms with Crippen LogP contribution in [0.2, 0.25) is 0 Å². The number of carbonyl (C=O) groups excluding carboxylic acids is 2. The van der Waals surface area contributed by atoms with Gasteiger partial charge in [-0.05, 0) is 31.1 Å². The minimum Gasteiger partial charge on any atom is -0.401 e. The molecular formula is C17H31N5O2.